The summed E-state index contributed by atoms with van der Waals surface area (Å²) >= 11 is 3.31. The van der Waals surface area contributed by atoms with E-state index in [1.807, 2.05) is 12.1 Å². The number of ether oxygens (including phenoxy) is 1. The predicted molar refractivity (Wildman–Crippen MR) is 69.4 cm³/mol. The smallest absolute Gasteiger partial charge is 0.362 e. The molecule has 0 aliphatic rings. The van der Waals surface area contributed by atoms with E-state index in [1.165, 1.54) is 0 Å². The molecule has 1 aromatic rings. The van der Waals surface area contributed by atoms with Crippen molar-refractivity contribution in [3.63, 3.8) is 0 Å². The second-order valence-electron chi connectivity index (χ2n) is 3.79. The highest BCUT2D eigenvalue weighted by Gasteiger charge is 2.27. The Labute approximate surface area is 117 Å². The van der Waals surface area contributed by atoms with Crippen molar-refractivity contribution >= 4 is 27.5 Å². The van der Waals surface area contributed by atoms with Gasteiger partial charge in [-0.1, -0.05) is 28.1 Å². The van der Waals surface area contributed by atoms with Gasteiger partial charge in [0.25, 0.3) is 0 Å². The summed E-state index contributed by atoms with van der Waals surface area (Å²) in [6.45, 7) is -2.05. The van der Waals surface area contributed by atoms with E-state index in [9.17, 15) is 18.0 Å². The van der Waals surface area contributed by atoms with Crippen LogP contribution in [0.1, 0.15) is 5.56 Å². The monoisotopic (exact) mass is 339 g/mol. The van der Waals surface area contributed by atoms with Crippen LogP contribution < -0.4 is 5.32 Å². The fourth-order valence-corrected chi connectivity index (χ4v) is 1.78. The van der Waals surface area contributed by atoms with Crippen molar-refractivity contribution in [2.45, 2.75) is 12.6 Å². The van der Waals surface area contributed by atoms with E-state index in [-0.39, 0.29) is 0 Å². The predicted octanol–water partition coefficient (Wildman–Crippen LogP) is 3.14. The van der Waals surface area contributed by atoms with Crippen LogP contribution in [0.2, 0.25) is 0 Å². The molecule has 0 atom stereocenters. The summed E-state index contributed by atoms with van der Waals surface area (Å²) in [6.07, 6.45) is -3.56. The van der Waals surface area contributed by atoms with Gasteiger partial charge in [0.2, 0.25) is 5.91 Å². The van der Waals surface area contributed by atoms with E-state index in [2.05, 4.69) is 26.0 Å². The zero-order chi connectivity index (χ0) is 14.3. The zero-order valence-corrected chi connectivity index (χ0v) is 11.6. The molecule has 0 aliphatic carbocycles. The van der Waals surface area contributed by atoms with E-state index < -0.39 is 25.3 Å². The standard InChI is InChI=1S/C12H13BrF3NO2/c13-6-5-9-1-3-10(4-2-9)17-11(18)7-19-8-12(14,15)16/h1-4H,5-8H2,(H,17,18). The van der Waals surface area contributed by atoms with Gasteiger partial charge in [-0.3, -0.25) is 4.79 Å². The number of rotatable bonds is 6. The van der Waals surface area contributed by atoms with Crippen LogP contribution in [0.3, 0.4) is 0 Å². The lowest BCUT2D eigenvalue weighted by atomic mass is 10.1. The second kappa shape index (κ2) is 7.49. The molecule has 0 aromatic heterocycles. The maximum Gasteiger partial charge on any atom is 0.411 e. The Morgan fingerprint density at radius 1 is 1.26 bits per heavy atom. The van der Waals surface area contributed by atoms with Crippen molar-refractivity contribution < 1.29 is 22.7 Å². The summed E-state index contributed by atoms with van der Waals surface area (Å²) in [5, 5.41) is 3.29. The Balaban J connectivity index is 2.35. The summed E-state index contributed by atoms with van der Waals surface area (Å²) in [7, 11) is 0. The van der Waals surface area contributed by atoms with Crippen molar-refractivity contribution in [1.29, 1.82) is 0 Å². The van der Waals surface area contributed by atoms with E-state index >= 15 is 0 Å². The van der Waals surface area contributed by atoms with Gasteiger partial charge in [0.15, 0.2) is 0 Å². The van der Waals surface area contributed by atoms with Gasteiger partial charge in [-0.15, -0.1) is 0 Å². The first-order valence-electron chi connectivity index (χ1n) is 5.50. The highest BCUT2D eigenvalue weighted by atomic mass is 79.9. The van der Waals surface area contributed by atoms with Crippen LogP contribution in [-0.4, -0.2) is 30.6 Å². The second-order valence-corrected chi connectivity index (χ2v) is 4.59. The van der Waals surface area contributed by atoms with Crippen molar-refractivity contribution in [2.24, 2.45) is 0 Å². The van der Waals surface area contributed by atoms with Gasteiger partial charge in [0, 0.05) is 11.0 Å². The number of aryl methyl sites for hydroxylation is 1. The molecule has 0 heterocycles. The molecule has 0 bridgehead atoms. The lowest BCUT2D eigenvalue weighted by Gasteiger charge is -2.08. The number of hydrogen-bond donors (Lipinski definition) is 1. The number of alkyl halides is 4. The van der Waals surface area contributed by atoms with Gasteiger partial charge in [0.1, 0.15) is 13.2 Å². The SMILES string of the molecule is O=C(COCC(F)(F)F)Nc1ccc(CCBr)cc1. The molecule has 0 aliphatic heterocycles. The van der Waals surface area contributed by atoms with E-state index in [0.717, 1.165) is 17.3 Å². The summed E-state index contributed by atoms with van der Waals surface area (Å²) in [5.74, 6) is -0.613. The quantitative estimate of drug-likeness (QED) is 0.808. The third kappa shape index (κ3) is 7.17. The Morgan fingerprint density at radius 3 is 2.42 bits per heavy atom. The van der Waals surface area contributed by atoms with Gasteiger partial charge in [-0.25, -0.2) is 0 Å². The molecule has 1 rings (SSSR count). The first-order valence-corrected chi connectivity index (χ1v) is 6.62. The average molecular weight is 340 g/mol. The van der Waals surface area contributed by atoms with Crippen LogP contribution in [0, 0.1) is 0 Å². The lowest BCUT2D eigenvalue weighted by molar-refractivity contribution is -0.174. The highest BCUT2D eigenvalue weighted by Crippen LogP contribution is 2.14. The van der Waals surface area contributed by atoms with Crippen molar-refractivity contribution in [3.05, 3.63) is 29.8 Å². The molecule has 0 spiro atoms. The van der Waals surface area contributed by atoms with Gasteiger partial charge in [-0.05, 0) is 24.1 Å². The van der Waals surface area contributed by atoms with E-state index in [0.29, 0.717) is 5.69 Å². The molecule has 1 N–H and O–H groups in total. The van der Waals surface area contributed by atoms with Gasteiger partial charge in [0.05, 0.1) is 0 Å². The first kappa shape index (κ1) is 16.0. The largest absolute Gasteiger partial charge is 0.411 e. The maximum absolute atomic E-state index is 11.8. The van der Waals surface area contributed by atoms with Gasteiger partial charge in [-0.2, -0.15) is 13.2 Å². The molecule has 0 fully saturated rings. The lowest BCUT2D eigenvalue weighted by Crippen LogP contribution is -2.23. The Hall–Kier alpha value is -1.08. The average Bonchev–Trinajstić information content (AvgIpc) is 2.30. The minimum absolute atomic E-state index is 0.527. The molecule has 106 valence electrons. The molecule has 0 unspecified atom stereocenters. The number of halogens is 4. The minimum atomic E-state index is -4.42. The fourth-order valence-electron chi connectivity index (χ4n) is 1.32. The molecule has 1 aromatic carbocycles. The highest BCUT2D eigenvalue weighted by molar-refractivity contribution is 9.09. The number of amides is 1. The Morgan fingerprint density at radius 2 is 1.89 bits per heavy atom. The molecular formula is C12H13BrF3NO2. The summed E-state index contributed by atoms with van der Waals surface area (Å²) in [6, 6.07) is 7.07. The zero-order valence-electron chi connectivity index (χ0n) is 9.97. The van der Waals surface area contributed by atoms with Gasteiger partial charge < -0.3 is 10.1 Å². The van der Waals surface area contributed by atoms with Crippen LogP contribution in [0.5, 0.6) is 0 Å². The van der Waals surface area contributed by atoms with E-state index in [4.69, 9.17) is 0 Å². The number of carbonyl (C=O) groups is 1. The minimum Gasteiger partial charge on any atom is -0.362 e. The summed E-state index contributed by atoms with van der Waals surface area (Å²) in [4.78, 5) is 11.3. The van der Waals surface area contributed by atoms with Crippen molar-refractivity contribution in [2.75, 3.05) is 23.9 Å². The molecular weight excluding hydrogens is 327 g/mol. The Bertz CT molecular complexity index is 406. The summed E-state index contributed by atoms with van der Waals surface area (Å²) in [5.41, 5.74) is 1.63. The molecule has 19 heavy (non-hydrogen) atoms. The number of benzene rings is 1. The first-order chi connectivity index (χ1) is 8.90. The van der Waals surface area contributed by atoms with Gasteiger partial charge >= 0.3 is 6.18 Å². The van der Waals surface area contributed by atoms with E-state index in [1.54, 1.807) is 12.1 Å². The number of anilines is 1. The third-order valence-electron chi connectivity index (χ3n) is 2.12. The van der Waals surface area contributed by atoms with Crippen molar-refractivity contribution in [3.8, 4) is 0 Å². The molecule has 0 saturated carbocycles. The van der Waals surface area contributed by atoms with Crippen molar-refractivity contribution in [1.82, 2.24) is 0 Å². The third-order valence-corrected chi connectivity index (χ3v) is 2.52. The fraction of sp³-hybridized carbons (Fsp3) is 0.417. The van der Waals surface area contributed by atoms with Crippen LogP contribution in [0.25, 0.3) is 0 Å². The number of carbonyl (C=O) groups excluding carboxylic acids is 1. The number of hydrogen-bond acceptors (Lipinski definition) is 2. The molecule has 7 heteroatoms. The maximum atomic E-state index is 11.8. The van der Waals surface area contributed by atoms with Crippen LogP contribution >= 0.6 is 15.9 Å². The van der Waals surface area contributed by atoms with Crippen LogP contribution in [-0.2, 0) is 16.0 Å². The molecule has 0 radical (unpaired) electrons. The van der Waals surface area contributed by atoms with Crippen LogP contribution in [0.15, 0.2) is 24.3 Å². The molecule has 0 saturated heterocycles. The number of nitrogens with one attached hydrogen (secondary N) is 1. The van der Waals surface area contributed by atoms with Crippen LogP contribution in [0.4, 0.5) is 18.9 Å². The summed E-state index contributed by atoms with van der Waals surface area (Å²) < 4.78 is 39.6. The molecule has 3 nitrogen and oxygen atoms in total. The topological polar surface area (TPSA) is 38.3 Å². The molecule has 1 amide bonds. The normalized spacial score (nSPS) is 11.4. The Kier molecular flexibility index (Phi) is 6.30.